The Kier molecular flexibility index (Phi) is 3.26. The maximum Gasteiger partial charge on any atom is 0.375 e. The predicted octanol–water partition coefficient (Wildman–Crippen LogP) is 0.356. The molecule has 98 valence electrons. The largest absolute Gasteiger partial charge is 0.464 e. The molecule has 1 saturated carbocycles. The highest BCUT2D eigenvalue weighted by Crippen LogP contribution is 2.38. The SMILES string of the molecule is CO/C(=N\[N+](=O)[O-])N1C(=O)C2CCCCC2C1=O. The summed E-state index contributed by atoms with van der Waals surface area (Å²) < 4.78 is 4.68. The quantitative estimate of drug-likeness (QED) is 0.221. The number of amides is 2. The lowest BCUT2D eigenvalue weighted by atomic mass is 9.81. The number of likely N-dealkylation sites (tertiary alicyclic amines) is 1. The molecule has 1 heterocycles. The third-order valence-corrected chi connectivity index (χ3v) is 3.38. The molecular formula is C10H13N3O5. The summed E-state index contributed by atoms with van der Waals surface area (Å²) in [5.74, 6) is -1.63. The molecular weight excluding hydrogens is 242 g/mol. The van der Waals surface area contributed by atoms with Crippen LogP contribution in [0.1, 0.15) is 25.7 Å². The van der Waals surface area contributed by atoms with Gasteiger partial charge >= 0.3 is 6.02 Å². The van der Waals surface area contributed by atoms with Crippen LogP contribution in [0.25, 0.3) is 0 Å². The van der Waals surface area contributed by atoms with Crippen LogP contribution in [0.3, 0.4) is 0 Å². The van der Waals surface area contributed by atoms with Gasteiger partial charge in [-0.1, -0.05) is 12.8 Å². The zero-order valence-electron chi connectivity index (χ0n) is 9.87. The Morgan fingerprint density at radius 1 is 1.33 bits per heavy atom. The summed E-state index contributed by atoms with van der Waals surface area (Å²) >= 11 is 0. The van der Waals surface area contributed by atoms with Gasteiger partial charge in [-0.05, 0) is 12.8 Å². The average Bonchev–Trinajstić information content (AvgIpc) is 2.60. The first-order chi connectivity index (χ1) is 8.56. The molecule has 2 unspecified atom stereocenters. The molecule has 8 nitrogen and oxygen atoms in total. The van der Waals surface area contributed by atoms with Crippen molar-refractivity contribution in [3.05, 3.63) is 10.1 Å². The molecule has 2 atom stereocenters. The van der Waals surface area contributed by atoms with E-state index in [0.29, 0.717) is 17.7 Å². The van der Waals surface area contributed by atoms with Gasteiger partial charge in [-0.15, -0.1) is 0 Å². The number of carbonyl (C=O) groups is 2. The van der Waals surface area contributed by atoms with Gasteiger partial charge in [-0.25, -0.2) is 10.1 Å². The van der Waals surface area contributed by atoms with Gasteiger partial charge in [-0.3, -0.25) is 9.59 Å². The second-order valence-corrected chi connectivity index (χ2v) is 4.33. The first-order valence-electron chi connectivity index (χ1n) is 5.71. The van der Waals surface area contributed by atoms with Gasteiger partial charge in [0, 0.05) is 0 Å². The summed E-state index contributed by atoms with van der Waals surface area (Å²) in [4.78, 5) is 35.2. The smallest absolute Gasteiger partial charge is 0.375 e. The minimum absolute atomic E-state index is 0.377. The van der Waals surface area contributed by atoms with Gasteiger partial charge in [0.1, 0.15) is 5.10 Å². The third-order valence-electron chi connectivity index (χ3n) is 3.38. The van der Waals surface area contributed by atoms with Crippen LogP contribution in [-0.4, -0.2) is 34.9 Å². The number of hydrogen-bond donors (Lipinski definition) is 0. The number of carbonyl (C=O) groups excluding carboxylic acids is 2. The van der Waals surface area contributed by atoms with E-state index in [0.717, 1.165) is 20.0 Å². The lowest BCUT2D eigenvalue weighted by Crippen LogP contribution is -2.38. The number of fused-ring (bicyclic) bond motifs is 1. The molecule has 0 aromatic carbocycles. The van der Waals surface area contributed by atoms with Crippen molar-refractivity contribution in [1.82, 2.24) is 4.90 Å². The van der Waals surface area contributed by atoms with Crippen LogP contribution in [-0.2, 0) is 14.3 Å². The van der Waals surface area contributed by atoms with Crippen LogP contribution in [0.5, 0.6) is 0 Å². The Morgan fingerprint density at radius 2 is 1.83 bits per heavy atom. The van der Waals surface area contributed by atoms with Gasteiger partial charge in [0.05, 0.1) is 18.9 Å². The van der Waals surface area contributed by atoms with Gasteiger partial charge in [0.2, 0.25) is 11.8 Å². The highest BCUT2D eigenvalue weighted by Gasteiger charge is 2.51. The van der Waals surface area contributed by atoms with E-state index in [1.54, 1.807) is 0 Å². The minimum Gasteiger partial charge on any atom is -0.464 e. The summed E-state index contributed by atoms with van der Waals surface area (Å²) in [6, 6.07) is -0.551. The predicted molar refractivity (Wildman–Crippen MR) is 58.7 cm³/mol. The Balaban J connectivity index is 2.30. The zero-order valence-corrected chi connectivity index (χ0v) is 9.87. The number of nitrogens with zero attached hydrogens (tertiary/aromatic N) is 3. The van der Waals surface area contributed by atoms with E-state index in [-0.39, 0.29) is 11.8 Å². The van der Waals surface area contributed by atoms with Crippen LogP contribution in [0, 0.1) is 22.0 Å². The van der Waals surface area contributed by atoms with E-state index in [9.17, 15) is 19.7 Å². The molecule has 2 fully saturated rings. The molecule has 8 heteroatoms. The molecule has 0 radical (unpaired) electrons. The van der Waals surface area contributed by atoms with Crippen LogP contribution >= 0.6 is 0 Å². The molecule has 2 amide bonds. The second-order valence-electron chi connectivity index (χ2n) is 4.33. The molecule has 2 rings (SSSR count). The number of nitro groups is 1. The number of methoxy groups -OCH3 is 1. The van der Waals surface area contributed by atoms with Crippen molar-refractivity contribution in [2.75, 3.05) is 7.11 Å². The van der Waals surface area contributed by atoms with Crippen LogP contribution < -0.4 is 0 Å². The Hall–Kier alpha value is -1.99. The van der Waals surface area contributed by atoms with Crippen LogP contribution in [0.15, 0.2) is 5.10 Å². The number of hydrazone groups is 1. The number of hydrogen-bond acceptors (Lipinski definition) is 5. The van der Waals surface area contributed by atoms with E-state index in [1.165, 1.54) is 0 Å². The molecule has 18 heavy (non-hydrogen) atoms. The topological polar surface area (TPSA) is 102 Å². The molecule has 1 aliphatic heterocycles. The molecule has 0 bridgehead atoms. The van der Waals surface area contributed by atoms with Crippen molar-refractivity contribution in [2.24, 2.45) is 16.9 Å². The molecule has 0 N–H and O–H groups in total. The summed E-state index contributed by atoms with van der Waals surface area (Å²) in [6.07, 6.45) is 3.06. The van der Waals surface area contributed by atoms with Crippen molar-refractivity contribution in [3.63, 3.8) is 0 Å². The Bertz CT molecular complexity index is 409. The standard InChI is InChI=1S/C10H13N3O5/c1-18-10(11-13(16)17)12-8(14)6-4-2-3-5-7(6)9(12)15/h6-7H,2-5H2,1H3/b11-10-. The molecule has 0 aromatic heterocycles. The maximum atomic E-state index is 12.1. The Morgan fingerprint density at radius 3 is 2.22 bits per heavy atom. The maximum absolute atomic E-state index is 12.1. The number of ether oxygens (including phenoxy) is 1. The lowest BCUT2D eigenvalue weighted by Gasteiger charge is -2.19. The second kappa shape index (κ2) is 4.71. The van der Waals surface area contributed by atoms with E-state index >= 15 is 0 Å². The normalized spacial score (nSPS) is 28.3. The van der Waals surface area contributed by atoms with Crippen molar-refractivity contribution in [3.8, 4) is 0 Å². The van der Waals surface area contributed by atoms with Gasteiger partial charge in [0.25, 0.3) is 0 Å². The summed E-state index contributed by atoms with van der Waals surface area (Å²) in [6.45, 7) is 0. The van der Waals surface area contributed by atoms with Crippen molar-refractivity contribution in [2.45, 2.75) is 25.7 Å². The fourth-order valence-electron chi connectivity index (χ4n) is 2.60. The number of imide groups is 1. The average molecular weight is 255 g/mol. The summed E-state index contributed by atoms with van der Waals surface area (Å²) in [7, 11) is 1.14. The molecule has 1 aliphatic carbocycles. The molecule has 1 saturated heterocycles. The number of rotatable bonds is 1. The highest BCUT2D eigenvalue weighted by atomic mass is 16.7. The van der Waals surface area contributed by atoms with Gasteiger partial charge in [-0.2, -0.15) is 4.90 Å². The van der Waals surface area contributed by atoms with Crippen molar-refractivity contribution < 1.29 is 19.4 Å². The molecule has 0 spiro atoms. The highest BCUT2D eigenvalue weighted by molar-refractivity contribution is 6.16. The van der Waals surface area contributed by atoms with Crippen molar-refractivity contribution >= 4 is 17.8 Å². The van der Waals surface area contributed by atoms with Crippen LogP contribution in [0.4, 0.5) is 0 Å². The van der Waals surface area contributed by atoms with E-state index in [1.807, 2.05) is 0 Å². The number of amidine groups is 1. The fraction of sp³-hybridized carbons (Fsp3) is 0.700. The zero-order chi connectivity index (χ0) is 13.3. The monoisotopic (exact) mass is 255 g/mol. The Labute approximate surface area is 103 Å². The molecule has 2 aliphatic rings. The van der Waals surface area contributed by atoms with Crippen LogP contribution in [0.2, 0.25) is 0 Å². The molecule has 0 aromatic rings. The summed E-state index contributed by atoms with van der Waals surface area (Å²) in [5.41, 5.74) is 0. The first-order valence-corrected chi connectivity index (χ1v) is 5.71. The van der Waals surface area contributed by atoms with Crippen molar-refractivity contribution in [1.29, 1.82) is 0 Å². The van der Waals surface area contributed by atoms with Gasteiger partial charge < -0.3 is 4.74 Å². The van der Waals surface area contributed by atoms with E-state index < -0.39 is 22.9 Å². The lowest BCUT2D eigenvalue weighted by molar-refractivity contribution is -0.486. The fourth-order valence-corrected chi connectivity index (χ4v) is 2.60. The summed E-state index contributed by atoms with van der Waals surface area (Å²) in [5, 5.41) is 12.3. The third kappa shape index (κ3) is 1.93. The van der Waals surface area contributed by atoms with E-state index in [4.69, 9.17) is 0 Å². The minimum atomic E-state index is -0.985. The van der Waals surface area contributed by atoms with Gasteiger partial charge in [0.15, 0.2) is 5.03 Å². The van der Waals surface area contributed by atoms with E-state index in [2.05, 4.69) is 9.84 Å². The first kappa shape index (κ1) is 12.5.